The fourth-order valence-corrected chi connectivity index (χ4v) is 4.58. The minimum atomic E-state index is -4.02. The predicted molar refractivity (Wildman–Crippen MR) is 71.8 cm³/mol. The van der Waals surface area contributed by atoms with Crippen molar-refractivity contribution < 1.29 is 26.7 Å². The third kappa shape index (κ3) is 9.85. The Balaban J connectivity index is 4.70. The molecule has 0 aliphatic carbocycles. The van der Waals surface area contributed by atoms with Crippen LogP contribution in [0, 0.1) is 11.3 Å². The van der Waals surface area contributed by atoms with E-state index in [1.807, 2.05) is 25.5 Å². The lowest BCUT2D eigenvalue weighted by Gasteiger charge is -2.23. The normalized spacial score (nSPS) is 15.2. The molecular formula is C10H21NO6S2. The molecule has 7 nitrogen and oxygen atoms in total. The SMILES string of the molecule is CC(C)(C)CC(CNS(=O)(=O)CS(C)(=O)=O)C(=O)O. The van der Waals surface area contributed by atoms with Crippen molar-refractivity contribution in [2.75, 3.05) is 17.9 Å². The number of aliphatic carboxylic acids is 1. The van der Waals surface area contributed by atoms with Crippen molar-refractivity contribution in [3.05, 3.63) is 0 Å². The Morgan fingerprint density at radius 1 is 1.21 bits per heavy atom. The van der Waals surface area contributed by atoms with Gasteiger partial charge in [-0.2, -0.15) is 0 Å². The van der Waals surface area contributed by atoms with Crippen molar-refractivity contribution in [1.29, 1.82) is 0 Å². The first-order valence-electron chi connectivity index (χ1n) is 5.60. The summed E-state index contributed by atoms with van der Waals surface area (Å²) in [4.78, 5) is 11.0. The quantitative estimate of drug-likeness (QED) is 0.685. The van der Waals surface area contributed by atoms with Crippen LogP contribution in [0.3, 0.4) is 0 Å². The maximum Gasteiger partial charge on any atom is 0.307 e. The van der Waals surface area contributed by atoms with Gasteiger partial charge in [-0.05, 0) is 11.8 Å². The molecule has 0 amide bonds. The van der Waals surface area contributed by atoms with Gasteiger partial charge in [0, 0.05) is 12.8 Å². The first-order chi connectivity index (χ1) is 8.22. The maximum absolute atomic E-state index is 11.5. The van der Waals surface area contributed by atoms with Gasteiger partial charge in [0.2, 0.25) is 10.0 Å². The first-order valence-corrected chi connectivity index (χ1v) is 9.31. The van der Waals surface area contributed by atoms with Gasteiger partial charge in [0.1, 0.15) is 0 Å². The number of rotatable bonds is 7. The monoisotopic (exact) mass is 315 g/mol. The highest BCUT2D eigenvalue weighted by atomic mass is 32.3. The van der Waals surface area contributed by atoms with Gasteiger partial charge in [0.25, 0.3) is 0 Å². The molecule has 0 saturated heterocycles. The van der Waals surface area contributed by atoms with Crippen LogP contribution in [-0.4, -0.2) is 45.8 Å². The summed E-state index contributed by atoms with van der Waals surface area (Å²) in [6.45, 7) is 5.21. The van der Waals surface area contributed by atoms with Crippen molar-refractivity contribution >= 4 is 25.8 Å². The van der Waals surface area contributed by atoms with Crippen molar-refractivity contribution in [2.45, 2.75) is 27.2 Å². The molecule has 0 saturated carbocycles. The average Bonchev–Trinajstić information content (AvgIpc) is 2.05. The van der Waals surface area contributed by atoms with Gasteiger partial charge in [-0.3, -0.25) is 4.79 Å². The van der Waals surface area contributed by atoms with Crippen LogP contribution >= 0.6 is 0 Å². The molecule has 19 heavy (non-hydrogen) atoms. The molecule has 0 radical (unpaired) electrons. The van der Waals surface area contributed by atoms with E-state index in [1.54, 1.807) is 0 Å². The second-order valence-corrected chi connectivity index (χ2v) is 10.1. The molecule has 0 aromatic heterocycles. The number of hydrogen-bond donors (Lipinski definition) is 2. The Hall–Kier alpha value is -0.670. The largest absolute Gasteiger partial charge is 0.481 e. The minimum Gasteiger partial charge on any atom is -0.481 e. The van der Waals surface area contributed by atoms with E-state index in [1.165, 1.54) is 0 Å². The fourth-order valence-electron chi connectivity index (χ4n) is 1.54. The zero-order valence-electron chi connectivity index (χ0n) is 11.5. The smallest absolute Gasteiger partial charge is 0.307 e. The predicted octanol–water partition coefficient (Wildman–Crippen LogP) is 0.0449. The maximum atomic E-state index is 11.5. The van der Waals surface area contributed by atoms with Crippen molar-refractivity contribution in [3.63, 3.8) is 0 Å². The van der Waals surface area contributed by atoms with Gasteiger partial charge in [0.05, 0.1) is 5.92 Å². The lowest BCUT2D eigenvalue weighted by atomic mass is 9.85. The molecule has 0 heterocycles. The number of sulfone groups is 1. The van der Waals surface area contributed by atoms with Gasteiger partial charge in [-0.25, -0.2) is 21.6 Å². The number of carbonyl (C=O) groups is 1. The van der Waals surface area contributed by atoms with E-state index in [0.29, 0.717) is 0 Å². The standard InChI is InChI=1S/C10H21NO6S2/c1-10(2,3)5-8(9(12)13)6-11-19(16,17)7-18(4,14)15/h8,11H,5-7H2,1-4H3,(H,12,13). The van der Waals surface area contributed by atoms with Gasteiger partial charge in [0.15, 0.2) is 14.9 Å². The third-order valence-electron chi connectivity index (χ3n) is 2.13. The van der Waals surface area contributed by atoms with Gasteiger partial charge in [-0.1, -0.05) is 20.8 Å². The van der Waals surface area contributed by atoms with Crippen molar-refractivity contribution in [1.82, 2.24) is 4.72 Å². The van der Waals surface area contributed by atoms with E-state index in [4.69, 9.17) is 5.11 Å². The van der Waals surface area contributed by atoms with Gasteiger partial charge < -0.3 is 5.11 Å². The molecule has 0 aliphatic rings. The summed E-state index contributed by atoms with van der Waals surface area (Å²) in [6.07, 6.45) is 1.08. The second-order valence-electron chi connectivity index (χ2n) is 5.81. The molecule has 1 atom stereocenters. The van der Waals surface area contributed by atoms with Crippen LogP contribution in [0.4, 0.5) is 0 Å². The van der Waals surface area contributed by atoms with Crippen LogP contribution in [0.1, 0.15) is 27.2 Å². The molecule has 0 spiro atoms. The third-order valence-corrected chi connectivity index (χ3v) is 5.69. The lowest BCUT2D eigenvalue weighted by molar-refractivity contribution is -0.142. The Labute approximate surface area is 114 Å². The number of hydrogen-bond acceptors (Lipinski definition) is 5. The van der Waals surface area contributed by atoms with Crippen LogP contribution in [-0.2, 0) is 24.7 Å². The Morgan fingerprint density at radius 2 is 1.68 bits per heavy atom. The van der Waals surface area contributed by atoms with Crippen LogP contribution in [0.15, 0.2) is 0 Å². The van der Waals surface area contributed by atoms with Gasteiger partial charge in [-0.15, -0.1) is 0 Å². The highest BCUT2D eigenvalue weighted by molar-refractivity contribution is 8.06. The van der Waals surface area contributed by atoms with E-state index in [0.717, 1.165) is 6.26 Å². The number of carboxylic acids is 1. The lowest BCUT2D eigenvalue weighted by Crippen LogP contribution is -2.37. The molecule has 1 unspecified atom stereocenters. The molecule has 2 N–H and O–H groups in total. The summed E-state index contributed by atoms with van der Waals surface area (Å²) in [5.74, 6) is -2.01. The summed E-state index contributed by atoms with van der Waals surface area (Å²) in [7, 11) is -7.71. The summed E-state index contributed by atoms with van der Waals surface area (Å²) in [5, 5.41) is 7.97. The Bertz CT molecular complexity index is 515. The number of sulfonamides is 1. The summed E-state index contributed by atoms with van der Waals surface area (Å²) < 4.78 is 46.8. The highest BCUT2D eigenvalue weighted by Crippen LogP contribution is 2.24. The van der Waals surface area contributed by atoms with Crippen LogP contribution in [0.25, 0.3) is 0 Å². The fraction of sp³-hybridized carbons (Fsp3) is 0.900. The van der Waals surface area contributed by atoms with E-state index in [9.17, 15) is 21.6 Å². The minimum absolute atomic E-state index is 0.272. The van der Waals surface area contributed by atoms with E-state index in [2.05, 4.69) is 0 Å². The Morgan fingerprint density at radius 3 is 2.00 bits per heavy atom. The van der Waals surface area contributed by atoms with Crippen molar-refractivity contribution in [2.24, 2.45) is 11.3 Å². The van der Waals surface area contributed by atoms with Gasteiger partial charge >= 0.3 is 5.97 Å². The summed E-state index contributed by atoms with van der Waals surface area (Å²) >= 11 is 0. The van der Waals surface area contributed by atoms with Crippen LogP contribution < -0.4 is 4.72 Å². The zero-order chi connectivity index (χ0) is 15.5. The average molecular weight is 315 g/mol. The molecule has 0 bridgehead atoms. The molecule has 0 fully saturated rings. The number of carboxylic acid groups (broad SMARTS) is 1. The van der Waals surface area contributed by atoms with E-state index in [-0.39, 0.29) is 18.4 Å². The topological polar surface area (TPSA) is 118 Å². The molecular weight excluding hydrogens is 294 g/mol. The molecule has 9 heteroatoms. The molecule has 0 rings (SSSR count). The summed E-state index contributed by atoms with van der Waals surface area (Å²) in [6, 6.07) is 0. The first kappa shape index (κ1) is 18.3. The molecule has 0 aliphatic heterocycles. The van der Waals surface area contributed by atoms with Crippen molar-refractivity contribution in [3.8, 4) is 0 Å². The second kappa shape index (κ2) is 6.19. The summed E-state index contributed by atoms with van der Waals surface area (Å²) in [5.41, 5.74) is -0.272. The number of nitrogens with one attached hydrogen (secondary N) is 1. The zero-order valence-corrected chi connectivity index (χ0v) is 13.1. The van der Waals surface area contributed by atoms with E-state index >= 15 is 0 Å². The highest BCUT2D eigenvalue weighted by Gasteiger charge is 2.27. The van der Waals surface area contributed by atoms with Crippen LogP contribution in [0.5, 0.6) is 0 Å². The van der Waals surface area contributed by atoms with Crippen LogP contribution in [0.2, 0.25) is 0 Å². The molecule has 114 valence electrons. The Kier molecular flexibility index (Phi) is 5.97. The molecule has 0 aromatic rings. The molecule has 0 aromatic carbocycles. The van der Waals surface area contributed by atoms with E-state index < -0.39 is 36.8 Å².